The van der Waals surface area contributed by atoms with Crippen LogP contribution in [0.25, 0.3) is 0 Å². The molecule has 3 N–H and O–H groups in total. The van der Waals surface area contributed by atoms with Gasteiger partial charge in [0.25, 0.3) is 0 Å². The quantitative estimate of drug-likeness (QED) is 0.651. The van der Waals surface area contributed by atoms with E-state index in [1.165, 1.54) is 48.3 Å². The minimum Gasteiger partial charge on any atom is -0.271 e. The number of hydrogen-bond donors (Lipinski definition) is 2. The van der Waals surface area contributed by atoms with Crippen LogP contribution in [-0.4, -0.2) is 0 Å². The Morgan fingerprint density at radius 3 is 2.16 bits per heavy atom. The molecule has 4 saturated carbocycles. The van der Waals surface area contributed by atoms with Gasteiger partial charge >= 0.3 is 0 Å². The van der Waals surface area contributed by atoms with Crippen molar-refractivity contribution in [2.75, 3.05) is 0 Å². The Balaban J connectivity index is 1.69. The molecule has 3 heteroatoms. The van der Waals surface area contributed by atoms with Gasteiger partial charge in [-0.05, 0) is 80.8 Å². The summed E-state index contributed by atoms with van der Waals surface area (Å²) >= 11 is 1.93. The average Bonchev–Trinajstić information content (AvgIpc) is 2.74. The van der Waals surface area contributed by atoms with E-state index in [4.69, 9.17) is 5.84 Å². The number of rotatable bonds is 3. The van der Waals surface area contributed by atoms with Gasteiger partial charge in [-0.25, -0.2) is 0 Å². The van der Waals surface area contributed by atoms with Crippen molar-refractivity contribution in [3.05, 3.63) is 21.9 Å². The predicted octanol–water partition coefficient (Wildman–Crippen LogP) is 3.78. The van der Waals surface area contributed by atoms with Crippen LogP contribution in [0.2, 0.25) is 0 Å². The van der Waals surface area contributed by atoms with Gasteiger partial charge in [-0.3, -0.25) is 11.3 Å². The minimum atomic E-state index is 0.389. The Hall–Kier alpha value is -0.380. The van der Waals surface area contributed by atoms with Crippen molar-refractivity contribution in [3.63, 3.8) is 0 Å². The highest BCUT2D eigenvalue weighted by Gasteiger charge is 2.54. The van der Waals surface area contributed by atoms with E-state index in [-0.39, 0.29) is 0 Å². The van der Waals surface area contributed by atoms with Crippen LogP contribution in [0.1, 0.15) is 54.3 Å². The fourth-order valence-corrected chi connectivity index (χ4v) is 6.78. The Kier molecular flexibility index (Phi) is 2.80. The van der Waals surface area contributed by atoms with E-state index < -0.39 is 0 Å². The van der Waals surface area contributed by atoms with Gasteiger partial charge in [0.1, 0.15) is 0 Å². The normalized spacial score (nSPS) is 41.7. The molecule has 4 aliphatic carbocycles. The largest absolute Gasteiger partial charge is 0.271 e. The summed E-state index contributed by atoms with van der Waals surface area (Å²) in [7, 11) is 0. The number of aryl methyl sites for hydroxylation is 1. The SMILES string of the molecule is Cc1ccc(C(NN)C23CC4CC(CC(C4)C2)C3)s1. The molecule has 0 saturated heterocycles. The lowest BCUT2D eigenvalue weighted by Crippen LogP contribution is -2.52. The summed E-state index contributed by atoms with van der Waals surface area (Å²) in [4.78, 5) is 2.86. The zero-order valence-electron chi connectivity index (χ0n) is 11.7. The van der Waals surface area contributed by atoms with Crippen molar-refractivity contribution in [3.8, 4) is 0 Å². The van der Waals surface area contributed by atoms with Gasteiger partial charge in [-0.1, -0.05) is 0 Å². The fourth-order valence-electron chi connectivity index (χ4n) is 5.70. The number of thiophene rings is 1. The molecular weight excluding hydrogens is 252 g/mol. The predicted molar refractivity (Wildman–Crippen MR) is 79.7 cm³/mol. The second kappa shape index (κ2) is 4.31. The molecule has 1 aromatic rings. The van der Waals surface area contributed by atoms with Gasteiger partial charge in [-0.15, -0.1) is 11.3 Å². The standard InChI is InChI=1S/C16H24N2S/c1-10-2-3-14(19-10)15(18-17)16-7-11-4-12(8-16)6-13(5-11)9-16/h2-3,11-13,15,18H,4-9,17H2,1H3. The molecule has 5 rings (SSSR count). The van der Waals surface area contributed by atoms with Crippen LogP contribution in [0.5, 0.6) is 0 Å². The molecular formula is C16H24N2S. The summed E-state index contributed by atoms with van der Waals surface area (Å²) in [5.74, 6) is 8.96. The maximum atomic E-state index is 5.99. The molecule has 0 aliphatic heterocycles. The molecule has 1 aromatic heterocycles. The summed E-state index contributed by atoms with van der Waals surface area (Å²) in [6.45, 7) is 2.20. The molecule has 1 heterocycles. The van der Waals surface area contributed by atoms with E-state index in [0.717, 1.165) is 17.8 Å². The average molecular weight is 276 g/mol. The summed E-state index contributed by atoms with van der Waals surface area (Å²) in [5.41, 5.74) is 3.66. The van der Waals surface area contributed by atoms with E-state index in [9.17, 15) is 0 Å². The van der Waals surface area contributed by atoms with Crippen molar-refractivity contribution in [2.24, 2.45) is 29.0 Å². The van der Waals surface area contributed by atoms with Gasteiger partial charge < -0.3 is 0 Å². The molecule has 0 amide bonds. The summed E-state index contributed by atoms with van der Waals surface area (Å²) in [5, 5.41) is 0. The molecule has 1 atom stereocenters. The Bertz CT molecular complexity index is 444. The van der Waals surface area contributed by atoms with E-state index in [1.807, 2.05) is 11.3 Å². The maximum absolute atomic E-state index is 5.99. The van der Waals surface area contributed by atoms with E-state index in [2.05, 4.69) is 24.5 Å². The Morgan fingerprint density at radius 1 is 1.16 bits per heavy atom. The smallest absolute Gasteiger partial charge is 0.0609 e. The fraction of sp³-hybridized carbons (Fsp3) is 0.750. The highest BCUT2D eigenvalue weighted by Crippen LogP contribution is 2.64. The highest BCUT2D eigenvalue weighted by atomic mass is 32.1. The third-order valence-electron chi connectivity index (χ3n) is 5.91. The zero-order chi connectivity index (χ0) is 13.0. The van der Waals surface area contributed by atoms with Gasteiger partial charge in [0, 0.05) is 9.75 Å². The van der Waals surface area contributed by atoms with E-state index >= 15 is 0 Å². The van der Waals surface area contributed by atoms with Gasteiger partial charge in [-0.2, -0.15) is 0 Å². The zero-order valence-corrected chi connectivity index (χ0v) is 12.5. The molecule has 0 aromatic carbocycles. The summed E-state index contributed by atoms with van der Waals surface area (Å²) in [6.07, 6.45) is 8.72. The highest BCUT2D eigenvalue weighted by molar-refractivity contribution is 7.12. The van der Waals surface area contributed by atoms with E-state index in [0.29, 0.717) is 11.5 Å². The Morgan fingerprint density at radius 2 is 1.74 bits per heavy atom. The molecule has 1 unspecified atom stereocenters. The lowest BCUT2D eigenvalue weighted by molar-refractivity contribution is -0.0742. The van der Waals surface area contributed by atoms with Crippen LogP contribution in [-0.2, 0) is 0 Å². The number of nitrogens with one attached hydrogen (secondary N) is 1. The molecule has 104 valence electrons. The van der Waals surface area contributed by atoms with E-state index in [1.54, 1.807) is 0 Å². The number of nitrogens with two attached hydrogens (primary N) is 1. The first-order valence-corrected chi connectivity index (χ1v) is 8.53. The molecule has 4 fully saturated rings. The number of hydrazine groups is 1. The second-order valence-electron chi connectivity index (χ2n) is 7.33. The van der Waals surface area contributed by atoms with Crippen LogP contribution in [0.4, 0.5) is 0 Å². The third kappa shape index (κ3) is 1.90. The molecule has 19 heavy (non-hydrogen) atoms. The van der Waals surface area contributed by atoms with Crippen molar-refractivity contribution in [1.29, 1.82) is 0 Å². The second-order valence-corrected chi connectivity index (χ2v) is 8.65. The van der Waals surface area contributed by atoms with Crippen molar-refractivity contribution in [2.45, 2.75) is 51.5 Å². The van der Waals surface area contributed by atoms with Crippen LogP contribution >= 0.6 is 11.3 Å². The summed E-state index contributed by atoms with van der Waals surface area (Å²) in [6, 6.07) is 4.92. The third-order valence-corrected chi connectivity index (χ3v) is 6.98. The molecule has 0 radical (unpaired) electrons. The van der Waals surface area contributed by atoms with Gasteiger partial charge in [0.2, 0.25) is 0 Å². The monoisotopic (exact) mass is 276 g/mol. The van der Waals surface area contributed by atoms with Crippen molar-refractivity contribution >= 4 is 11.3 Å². The molecule has 4 bridgehead atoms. The minimum absolute atomic E-state index is 0.389. The van der Waals surface area contributed by atoms with Crippen LogP contribution < -0.4 is 11.3 Å². The maximum Gasteiger partial charge on any atom is 0.0609 e. The van der Waals surface area contributed by atoms with Crippen molar-refractivity contribution < 1.29 is 0 Å². The van der Waals surface area contributed by atoms with Crippen molar-refractivity contribution in [1.82, 2.24) is 5.43 Å². The first-order valence-electron chi connectivity index (χ1n) is 7.71. The first-order chi connectivity index (χ1) is 9.18. The molecule has 0 spiro atoms. The molecule has 2 nitrogen and oxygen atoms in total. The van der Waals surface area contributed by atoms with Crippen LogP contribution in [0, 0.1) is 30.1 Å². The number of hydrogen-bond acceptors (Lipinski definition) is 3. The summed E-state index contributed by atoms with van der Waals surface area (Å²) < 4.78 is 0. The molecule has 4 aliphatic rings. The lowest BCUT2D eigenvalue weighted by atomic mass is 9.47. The van der Waals surface area contributed by atoms with Crippen LogP contribution in [0.15, 0.2) is 12.1 Å². The van der Waals surface area contributed by atoms with Gasteiger partial charge in [0.05, 0.1) is 6.04 Å². The van der Waals surface area contributed by atoms with Gasteiger partial charge in [0.15, 0.2) is 0 Å². The Labute approximate surface area is 119 Å². The van der Waals surface area contributed by atoms with Crippen LogP contribution in [0.3, 0.4) is 0 Å². The first kappa shape index (κ1) is 12.4. The lowest BCUT2D eigenvalue weighted by Gasteiger charge is -2.59. The topological polar surface area (TPSA) is 38.0 Å².